The van der Waals surface area contributed by atoms with E-state index in [4.69, 9.17) is 18.3 Å². The maximum Gasteiger partial charge on any atom is 0.344 e. The third-order valence-electron chi connectivity index (χ3n) is 5.17. The van der Waals surface area contributed by atoms with Crippen LogP contribution in [0.3, 0.4) is 0 Å². The Hall–Kier alpha value is -4.65. The van der Waals surface area contributed by atoms with Crippen molar-refractivity contribution in [3.63, 3.8) is 0 Å². The average molecular weight is 440 g/mol. The number of para-hydroxylation sites is 1. The number of hydrogen-bond acceptors (Lipinski definition) is 7. The van der Waals surface area contributed by atoms with E-state index in [2.05, 4.69) is 0 Å². The molecule has 0 radical (unpaired) electrons. The zero-order chi connectivity index (χ0) is 22.9. The van der Waals surface area contributed by atoms with Gasteiger partial charge in [-0.25, -0.2) is 14.4 Å². The normalized spacial score (nSPS) is 10.9. The smallest absolute Gasteiger partial charge is 0.344 e. The van der Waals surface area contributed by atoms with E-state index in [1.54, 1.807) is 66.7 Å². The molecular weight excluding hydrogens is 424 g/mol. The lowest BCUT2D eigenvalue weighted by atomic mass is 10.0. The van der Waals surface area contributed by atoms with Gasteiger partial charge in [0.15, 0.2) is 11.3 Å². The molecule has 5 aromatic rings. The van der Waals surface area contributed by atoms with Crippen molar-refractivity contribution in [1.29, 1.82) is 0 Å². The van der Waals surface area contributed by atoms with E-state index in [0.29, 0.717) is 33.2 Å². The molecule has 0 aliphatic rings. The molecule has 3 aromatic carbocycles. The van der Waals surface area contributed by atoms with Gasteiger partial charge in [0.25, 0.3) is 0 Å². The Labute approximate surface area is 186 Å². The van der Waals surface area contributed by atoms with Crippen LogP contribution >= 0.6 is 0 Å². The van der Waals surface area contributed by atoms with E-state index < -0.39 is 17.2 Å². The highest BCUT2D eigenvalue weighted by molar-refractivity contribution is 5.97. The van der Waals surface area contributed by atoms with E-state index in [0.717, 1.165) is 0 Å². The molecule has 162 valence electrons. The summed E-state index contributed by atoms with van der Waals surface area (Å²) in [6.45, 7) is 0. The van der Waals surface area contributed by atoms with Crippen molar-refractivity contribution in [2.75, 3.05) is 7.11 Å². The molecule has 0 spiro atoms. The Morgan fingerprint density at radius 2 is 1.64 bits per heavy atom. The molecule has 0 amide bonds. The van der Waals surface area contributed by atoms with Crippen LogP contribution in [-0.4, -0.2) is 13.1 Å². The first-order valence-electron chi connectivity index (χ1n) is 10.00. The van der Waals surface area contributed by atoms with Gasteiger partial charge in [-0.3, -0.25) is 0 Å². The van der Waals surface area contributed by atoms with Gasteiger partial charge in [-0.2, -0.15) is 0 Å². The van der Waals surface area contributed by atoms with Crippen molar-refractivity contribution in [3.05, 3.63) is 105 Å². The van der Waals surface area contributed by atoms with Crippen LogP contribution in [0.4, 0.5) is 0 Å². The molecule has 0 aliphatic heterocycles. The number of methoxy groups -OCH3 is 1. The Kier molecular flexibility index (Phi) is 4.99. The first-order valence-corrected chi connectivity index (χ1v) is 10.00. The average Bonchev–Trinajstić information content (AvgIpc) is 2.83. The molecule has 5 rings (SSSR count). The summed E-state index contributed by atoms with van der Waals surface area (Å²) in [6, 6.07) is 21.3. The van der Waals surface area contributed by atoms with Crippen LogP contribution in [-0.2, 0) is 0 Å². The van der Waals surface area contributed by atoms with Crippen molar-refractivity contribution < 1.29 is 23.1 Å². The number of rotatable bonds is 4. The third kappa shape index (κ3) is 3.76. The summed E-state index contributed by atoms with van der Waals surface area (Å²) in [4.78, 5) is 37.4. The van der Waals surface area contributed by atoms with E-state index in [9.17, 15) is 14.4 Å². The first kappa shape index (κ1) is 20.3. The molecule has 0 saturated heterocycles. The van der Waals surface area contributed by atoms with Crippen molar-refractivity contribution >= 4 is 27.9 Å². The van der Waals surface area contributed by atoms with Crippen LogP contribution in [0.2, 0.25) is 0 Å². The standard InChI is InChI=1S/C26H16O7/c1-30-21-9-5-8-16-12-20(26(29)33-24(16)21)19-14-23(27)32-22-13-17(10-11-18(19)22)31-25(28)15-6-3-2-4-7-15/h2-14H,1H3. The SMILES string of the molecule is COc1cccc2cc(-c3cc(=O)oc4cc(OC(=O)c5ccccc5)ccc34)c(=O)oc12. The second-order valence-electron chi connectivity index (χ2n) is 7.22. The minimum absolute atomic E-state index is 0.168. The van der Waals surface area contributed by atoms with Gasteiger partial charge >= 0.3 is 17.2 Å². The molecule has 0 unspecified atom stereocenters. The fraction of sp³-hybridized carbons (Fsp3) is 0.0385. The predicted octanol–water partition coefficient (Wildman–Crippen LogP) is 4.79. The fourth-order valence-electron chi connectivity index (χ4n) is 3.64. The summed E-state index contributed by atoms with van der Waals surface area (Å²) in [5.74, 6) is 0.0861. The number of carbonyl (C=O) groups excluding carboxylic acids is 1. The molecule has 2 heterocycles. The van der Waals surface area contributed by atoms with E-state index >= 15 is 0 Å². The molecule has 0 saturated carbocycles. The van der Waals surface area contributed by atoms with Crippen molar-refractivity contribution in [2.24, 2.45) is 0 Å². The number of carbonyl (C=O) groups is 1. The van der Waals surface area contributed by atoms with Crippen molar-refractivity contribution in [2.45, 2.75) is 0 Å². The van der Waals surface area contributed by atoms with Gasteiger partial charge in [0.05, 0.1) is 18.2 Å². The predicted molar refractivity (Wildman–Crippen MR) is 122 cm³/mol. The van der Waals surface area contributed by atoms with Gasteiger partial charge in [0.1, 0.15) is 11.3 Å². The van der Waals surface area contributed by atoms with Gasteiger partial charge in [-0.1, -0.05) is 30.3 Å². The van der Waals surface area contributed by atoms with E-state index in [-0.39, 0.29) is 16.9 Å². The molecule has 2 aromatic heterocycles. The fourth-order valence-corrected chi connectivity index (χ4v) is 3.64. The number of ether oxygens (including phenoxy) is 2. The van der Waals surface area contributed by atoms with Gasteiger partial charge in [-0.05, 0) is 36.4 Å². The number of esters is 1. The summed E-state index contributed by atoms with van der Waals surface area (Å²) < 4.78 is 21.5. The van der Waals surface area contributed by atoms with Gasteiger partial charge in [0.2, 0.25) is 0 Å². The molecule has 33 heavy (non-hydrogen) atoms. The highest BCUT2D eigenvalue weighted by Gasteiger charge is 2.16. The maximum atomic E-state index is 12.8. The topological polar surface area (TPSA) is 96.0 Å². The van der Waals surface area contributed by atoms with E-state index in [1.165, 1.54) is 19.2 Å². The zero-order valence-electron chi connectivity index (χ0n) is 17.4. The number of fused-ring (bicyclic) bond motifs is 2. The van der Waals surface area contributed by atoms with Crippen LogP contribution in [0.5, 0.6) is 11.5 Å². The third-order valence-corrected chi connectivity index (χ3v) is 5.17. The van der Waals surface area contributed by atoms with Crippen LogP contribution in [0, 0.1) is 0 Å². The lowest BCUT2D eigenvalue weighted by Crippen LogP contribution is -2.09. The monoisotopic (exact) mass is 440 g/mol. The lowest BCUT2D eigenvalue weighted by molar-refractivity contribution is 0.0735. The highest BCUT2D eigenvalue weighted by Crippen LogP contribution is 2.31. The summed E-state index contributed by atoms with van der Waals surface area (Å²) in [7, 11) is 1.49. The number of hydrogen-bond donors (Lipinski definition) is 0. The Morgan fingerprint density at radius 3 is 2.42 bits per heavy atom. The van der Waals surface area contributed by atoms with Gasteiger partial charge < -0.3 is 18.3 Å². The molecule has 0 bridgehead atoms. The Morgan fingerprint density at radius 1 is 0.818 bits per heavy atom. The minimum atomic E-state index is -0.658. The summed E-state index contributed by atoms with van der Waals surface area (Å²) in [6.07, 6.45) is 0. The highest BCUT2D eigenvalue weighted by atomic mass is 16.5. The second kappa shape index (κ2) is 8.12. The van der Waals surface area contributed by atoms with Crippen LogP contribution in [0.15, 0.2) is 97.3 Å². The quantitative estimate of drug-likeness (QED) is 0.225. The lowest BCUT2D eigenvalue weighted by Gasteiger charge is -2.09. The molecule has 0 aliphatic carbocycles. The van der Waals surface area contributed by atoms with Gasteiger partial charge in [-0.15, -0.1) is 0 Å². The zero-order valence-corrected chi connectivity index (χ0v) is 17.4. The van der Waals surface area contributed by atoms with Crippen molar-refractivity contribution in [1.82, 2.24) is 0 Å². The molecule has 0 fully saturated rings. The molecular formula is C26H16O7. The van der Waals surface area contributed by atoms with Crippen LogP contribution in [0.25, 0.3) is 33.1 Å². The Balaban J connectivity index is 1.61. The van der Waals surface area contributed by atoms with Crippen LogP contribution < -0.4 is 20.7 Å². The molecule has 7 heteroatoms. The summed E-state index contributed by atoms with van der Waals surface area (Å²) in [5.41, 5.74) is 0.130. The molecule has 0 N–H and O–H groups in total. The first-order chi connectivity index (χ1) is 16.0. The minimum Gasteiger partial charge on any atom is -0.493 e. The largest absolute Gasteiger partial charge is 0.493 e. The second-order valence-corrected chi connectivity index (χ2v) is 7.22. The Bertz CT molecular complexity index is 1630. The van der Waals surface area contributed by atoms with Crippen LogP contribution in [0.1, 0.15) is 10.4 Å². The van der Waals surface area contributed by atoms with Gasteiger partial charge in [0, 0.05) is 28.5 Å². The summed E-state index contributed by atoms with van der Waals surface area (Å²) in [5, 5.41) is 1.13. The van der Waals surface area contributed by atoms with E-state index in [1.807, 2.05) is 0 Å². The summed E-state index contributed by atoms with van der Waals surface area (Å²) >= 11 is 0. The van der Waals surface area contributed by atoms with Crippen molar-refractivity contribution in [3.8, 4) is 22.6 Å². The maximum absolute atomic E-state index is 12.8. The molecule has 7 nitrogen and oxygen atoms in total. The molecule has 0 atom stereocenters. The number of benzene rings is 3.